The second-order valence-electron chi connectivity index (χ2n) is 4.04. The van der Waals surface area contributed by atoms with Crippen molar-refractivity contribution in [1.82, 2.24) is 0 Å². The molecule has 2 aromatic carbocycles. The maximum Gasteiger partial charge on any atom is 0.121 e. The van der Waals surface area contributed by atoms with Gasteiger partial charge in [0.2, 0.25) is 0 Å². The van der Waals surface area contributed by atoms with E-state index in [4.69, 9.17) is 15.9 Å². The number of rotatable bonds is 5. The van der Waals surface area contributed by atoms with Crippen LogP contribution in [-0.4, -0.2) is 6.61 Å². The van der Waals surface area contributed by atoms with E-state index in [1.54, 1.807) is 0 Å². The van der Waals surface area contributed by atoms with Crippen LogP contribution < -0.4 is 9.47 Å². The Balaban J connectivity index is 1.96. The molecule has 0 radical (unpaired) electrons. The SMILES string of the molecule is C#Cc1cccc(OCc2ccc(OCC)cc2)c1. The monoisotopic (exact) mass is 252 g/mol. The fourth-order valence-corrected chi connectivity index (χ4v) is 1.69. The van der Waals surface area contributed by atoms with E-state index in [0.717, 1.165) is 22.6 Å². The number of terminal acetylenes is 1. The minimum Gasteiger partial charge on any atom is -0.494 e. The lowest BCUT2D eigenvalue weighted by Crippen LogP contribution is -1.96. The molecular formula is C17H16O2. The standard InChI is InChI=1S/C17H16O2/c1-3-14-6-5-7-17(12-14)19-13-15-8-10-16(11-9-15)18-4-2/h1,5-12H,4,13H2,2H3. The van der Waals surface area contributed by atoms with Crippen molar-refractivity contribution < 1.29 is 9.47 Å². The summed E-state index contributed by atoms with van der Waals surface area (Å²) in [6, 6.07) is 15.4. The Morgan fingerprint density at radius 1 is 1.00 bits per heavy atom. The van der Waals surface area contributed by atoms with Gasteiger partial charge in [-0.2, -0.15) is 0 Å². The van der Waals surface area contributed by atoms with Gasteiger partial charge in [-0.3, -0.25) is 0 Å². The molecule has 0 heterocycles. The Morgan fingerprint density at radius 3 is 2.47 bits per heavy atom. The zero-order chi connectivity index (χ0) is 13.5. The van der Waals surface area contributed by atoms with E-state index in [-0.39, 0.29) is 0 Å². The third kappa shape index (κ3) is 3.79. The van der Waals surface area contributed by atoms with Gasteiger partial charge in [-0.15, -0.1) is 6.42 Å². The molecule has 2 rings (SSSR count). The summed E-state index contributed by atoms with van der Waals surface area (Å²) in [6.07, 6.45) is 5.35. The van der Waals surface area contributed by atoms with Crippen LogP contribution in [0.15, 0.2) is 48.5 Å². The van der Waals surface area contributed by atoms with E-state index >= 15 is 0 Å². The van der Waals surface area contributed by atoms with Crippen molar-refractivity contribution in [2.45, 2.75) is 13.5 Å². The molecular weight excluding hydrogens is 236 g/mol. The predicted molar refractivity (Wildman–Crippen MR) is 76.3 cm³/mol. The van der Waals surface area contributed by atoms with Crippen LogP contribution in [0, 0.1) is 12.3 Å². The highest BCUT2D eigenvalue weighted by Crippen LogP contribution is 2.16. The first-order valence-electron chi connectivity index (χ1n) is 6.23. The molecule has 96 valence electrons. The first-order chi connectivity index (χ1) is 9.31. The van der Waals surface area contributed by atoms with Gasteiger partial charge in [0.05, 0.1) is 6.61 Å². The lowest BCUT2D eigenvalue weighted by molar-refractivity contribution is 0.305. The lowest BCUT2D eigenvalue weighted by Gasteiger charge is -2.08. The van der Waals surface area contributed by atoms with Crippen LogP contribution >= 0.6 is 0 Å². The largest absolute Gasteiger partial charge is 0.494 e. The molecule has 2 heteroatoms. The summed E-state index contributed by atoms with van der Waals surface area (Å²) in [6.45, 7) is 3.16. The first kappa shape index (κ1) is 13.0. The molecule has 0 saturated heterocycles. The normalized spacial score (nSPS) is 9.68. The summed E-state index contributed by atoms with van der Waals surface area (Å²) < 4.78 is 11.1. The van der Waals surface area contributed by atoms with E-state index in [1.165, 1.54) is 0 Å². The summed E-state index contributed by atoms with van der Waals surface area (Å²) in [5.41, 5.74) is 1.92. The number of benzene rings is 2. The molecule has 0 aliphatic carbocycles. The average Bonchev–Trinajstić information content (AvgIpc) is 2.47. The molecule has 19 heavy (non-hydrogen) atoms. The Hall–Kier alpha value is -2.40. The van der Waals surface area contributed by atoms with Gasteiger partial charge in [-0.05, 0) is 42.8 Å². The van der Waals surface area contributed by atoms with Crippen LogP contribution in [0.5, 0.6) is 11.5 Å². The van der Waals surface area contributed by atoms with Gasteiger partial charge in [0, 0.05) is 5.56 Å². The highest BCUT2D eigenvalue weighted by atomic mass is 16.5. The van der Waals surface area contributed by atoms with Crippen molar-refractivity contribution >= 4 is 0 Å². The van der Waals surface area contributed by atoms with Gasteiger partial charge in [0.25, 0.3) is 0 Å². The summed E-state index contributed by atoms with van der Waals surface area (Å²) in [5.74, 6) is 4.25. The maximum atomic E-state index is 5.70. The molecule has 0 aliphatic rings. The summed E-state index contributed by atoms with van der Waals surface area (Å²) in [4.78, 5) is 0. The van der Waals surface area contributed by atoms with Crippen molar-refractivity contribution in [2.24, 2.45) is 0 Å². The van der Waals surface area contributed by atoms with E-state index in [0.29, 0.717) is 13.2 Å². The Morgan fingerprint density at radius 2 is 1.79 bits per heavy atom. The van der Waals surface area contributed by atoms with Crippen molar-refractivity contribution in [1.29, 1.82) is 0 Å². The summed E-state index contributed by atoms with van der Waals surface area (Å²) in [7, 11) is 0. The molecule has 2 nitrogen and oxygen atoms in total. The molecule has 0 fully saturated rings. The van der Waals surface area contributed by atoms with Crippen LogP contribution in [0.2, 0.25) is 0 Å². The molecule has 0 atom stereocenters. The molecule has 0 aliphatic heterocycles. The van der Waals surface area contributed by atoms with Crippen LogP contribution in [0.25, 0.3) is 0 Å². The molecule has 0 spiro atoms. The van der Waals surface area contributed by atoms with E-state index in [9.17, 15) is 0 Å². The lowest BCUT2D eigenvalue weighted by atomic mass is 10.2. The highest BCUT2D eigenvalue weighted by molar-refractivity contribution is 5.38. The van der Waals surface area contributed by atoms with Gasteiger partial charge in [0.15, 0.2) is 0 Å². The summed E-state index contributed by atoms with van der Waals surface area (Å²) in [5, 5.41) is 0. The van der Waals surface area contributed by atoms with E-state index < -0.39 is 0 Å². The quantitative estimate of drug-likeness (QED) is 0.756. The second-order valence-corrected chi connectivity index (χ2v) is 4.04. The zero-order valence-electron chi connectivity index (χ0n) is 10.9. The summed E-state index contributed by atoms with van der Waals surface area (Å²) >= 11 is 0. The molecule has 2 aromatic rings. The zero-order valence-corrected chi connectivity index (χ0v) is 10.9. The molecule has 0 N–H and O–H groups in total. The second kappa shape index (κ2) is 6.51. The van der Waals surface area contributed by atoms with Crippen molar-refractivity contribution in [3.8, 4) is 23.8 Å². The Bertz CT molecular complexity index is 565. The van der Waals surface area contributed by atoms with Gasteiger partial charge < -0.3 is 9.47 Å². The number of ether oxygens (including phenoxy) is 2. The highest BCUT2D eigenvalue weighted by Gasteiger charge is 1.98. The van der Waals surface area contributed by atoms with Crippen molar-refractivity contribution in [2.75, 3.05) is 6.61 Å². The predicted octanol–water partition coefficient (Wildman–Crippen LogP) is 3.65. The average molecular weight is 252 g/mol. The minimum absolute atomic E-state index is 0.514. The fraction of sp³-hybridized carbons (Fsp3) is 0.176. The van der Waals surface area contributed by atoms with Gasteiger partial charge in [-0.25, -0.2) is 0 Å². The van der Waals surface area contributed by atoms with Crippen molar-refractivity contribution in [3.63, 3.8) is 0 Å². The topological polar surface area (TPSA) is 18.5 Å². The van der Waals surface area contributed by atoms with Crippen LogP contribution in [0.4, 0.5) is 0 Å². The third-order valence-corrected chi connectivity index (χ3v) is 2.64. The Kier molecular flexibility index (Phi) is 4.47. The fourth-order valence-electron chi connectivity index (χ4n) is 1.69. The number of hydrogen-bond donors (Lipinski definition) is 0. The van der Waals surface area contributed by atoms with Crippen LogP contribution in [0.1, 0.15) is 18.1 Å². The molecule has 0 bridgehead atoms. The van der Waals surface area contributed by atoms with Gasteiger partial charge in [-0.1, -0.05) is 24.1 Å². The Labute approximate surface area is 114 Å². The molecule has 0 amide bonds. The van der Waals surface area contributed by atoms with E-state index in [2.05, 4.69) is 5.92 Å². The maximum absolute atomic E-state index is 5.70. The van der Waals surface area contributed by atoms with Gasteiger partial charge >= 0.3 is 0 Å². The van der Waals surface area contributed by atoms with Crippen molar-refractivity contribution in [3.05, 3.63) is 59.7 Å². The van der Waals surface area contributed by atoms with E-state index in [1.807, 2.05) is 55.5 Å². The molecule has 0 unspecified atom stereocenters. The minimum atomic E-state index is 0.514. The molecule has 0 saturated carbocycles. The van der Waals surface area contributed by atoms with Crippen LogP contribution in [0.3, 0.4) is 0 Å². The smallest absolute Gasteiger partial charge is 0.121 e. The third-order valence-electron chi connectivity index (χ3n) is 2.64. The van der Waals surface area contributed by atoms with Gasteiger partial charge in [0.1, 0.15) is 18.1 Å². The molecule has 0 aromatic heterocycles. The number of hydrogen-bond acceptors (Lipinski definition) is 2. The first-order valence-corrected chi connectivity index (χ1v) is 6.23. The van der Waals surface area contributed by atoms with Crippen LogP contribution in [-0.2, 0) is 6.61 Å².